The second-order valence-electron chi connectivity index (χ2n) is 8.14. The Morgan fingerprint density at radius 2 is 1.52 bits per heavy atom. The predicted octanol–water partition coefficient (Wildman–Crippen LogP) is 2.52. The van der Waals surface area contributed by atoms with Crippen LogP contribution in [0.15, 0.2) is 0 Å². The van der Waals surface area contributed by atoms with Gasteiger partial charge in [-0.05, 0) is 64.5 Å². The van der Waals surface area contributed by atoms with Gasteiger partial charge in [-0.2, -0.15) is 0 Å². The van der Waals surface area contributed by atoms with Crippen LogP contribution in [0.5, 0.6) is 0 Å². The number of hydrogen-bond donors (Lipinski definition) is 0. The van der Waals surface area contributed by atoms with Crippen LogP contribution in [0.25, 0.3) is 0 Å². The number of likely N-dealkylation sites (tertiary alicyclic amines) is 1. The van der Waals surface area contributed by atoms with E-state index in [1.54, 1.807) is 0 Å². The molecule has 2 heterocycles. The summed E-state index contributed by atoms with van der Waals surface area (Å²) in [6, 6.07) is 1.66. The Morgan fingerprint density at radius 1 is 0.905 bits per heavy atom. The average Bonchev–Trinajstić information content (AvgIpc) is 2.46. The van der Waals surface area contributed by atoms with E-state index in [1.165, 1.54) is 71.5 Å². The van der Waals surface area contributed by atoms with Crippen molar-refractivity contribution in [2.75, 3.05) is 45.8 Å². The van der Waals surface area contributed by atoms with Crippen LogP contribution in [-0.2, 0) is 0 Å². The van der Waals surface area contributed by atoms with Crippen molar-refractivity contribution in [3.63, 3.8) is 0 Å². The first-order valence-corrected chi connectivity index (χ1v) is 9.32. The molecule has 3 rings (SSSR count). The van der Waals surface area contributed by atoms with Gasteiger partial charge in [-0.15, -0.1) is 0 Å². The van der Waals surface area contributed by atoms with E-state index in [0.29, 0.717) is 0 Å². The average molecular weight is 293 g/mol. The van der Waals surface area contributed by atoms with Crippen LogP contribution in [0.3, 0.4) is 0 Å². The number of rotatable bonds is 4. The zero-order valence-corrected chi connectivity index (χ0v) is 14.4. The molecule has 2 aliphatic heterocycles. The second kappa shape index (κ2) is 6.97. The molecule has 0 atom stereocenters. The lowest BCUT2D eigenvalue weighted by atomic mass is 9.80. The maximum Gasteiger partial charge on any atom is 0.0113 e. The predicted molar refractivity (Wildman–Crippen MR) is 89.6 cm³/mol. The van der Waals surface area contributed by atoms with Crippen LogP contribution in [0, 0.1) is 11.8 Å². The fourth-order valence-corrected chi connectivity index (χ4v) is 4.49. The van der Waals surface area contributed by atoms with Crippen molar-refractivity contribution >= 4 is 0 Å². The molecule has 0 aromatic rings. The topological polar surface area (TPSA) is 9.72 Å². The second-order valence-corrected chi connectivity index (χ2v) is 8.14. The Kier molecular flexibility index (Phi) is 5.23. The van der Waals surface area contributed by atoms with Crippen LogP contribution in [0.4, 0.5) is 0 Å². The van der Waals surface area contributed by atoms with Gasteiger partial charge < -0.3 is 9.80 Å². The van der Waals surface area contributed by atoms with Crippen molar-refractivity contribution in [1.29, 1.82) is 0 Å². The monoisotopic (exact) mass is 293 g/mol. The van der Waals surface area contributed by atoms with E-state index in [2.05, 4.69) is 35.5 Å². The number of nitrogens with zero attached hydrogens (tertiary/aromatic N) is 3. The standard InChI is InChI=1S/C18H35N3/c1-15(2)20-6-4-17(5-7-20)14-19-8-10-21(11-9-19)18-12-16(3)13-18/h15-18H,4-14H2,1-3H3. The van der Waals surface area contributed by atoms with Gasteiger partial charge in [0, 0.05) is 44.8 Å². The minimum absolute atomic E-state index is 0.736. The minimum Gasteiger partial charge on any atom is -0.301 e. The summed E-state index contributed by atoms with van der Waals surface area (Å²) in [5, 5.41) is 0. The van der Waals surface area contributed by atoms with Gasteiger partial charge in [0.1, 0.15) is 0 Å². The van der Waals surface area contributed by atoms with Gasteiger partial charge >= 0.3 is 0 Å². The summed E-state index contributed by atoms with van der Waals surface area (Å²) in [7, 11) is 0. The fraction of sp³-hybridized carbons (Fsp3) is 1.00. The summed E-state index contributed by atoms with van der Waals surface area (Å²) in [5.74, 6) is 1.94. The smallest absolute Gasteiger partial charge is 0.0113 e. The number of piperazine rings is 1. The summed E-state index contributed by atoms with van der Waals surface area (Å²) in [4.78, 5) is 8.15. The zero-order valence-electron chi connectivity index (χ0n) is 14.4. The molecule has 3 fully saturated rings. The molecule has 21 heavy (non-hydrogen) atoms. The Bertz CT molecular complexity index is 308. The molecule has 0 radical (unpaired) electrons. The van der Waals surface area contributed by atoms with E-state index in [1.807, 2.05) is 0 Å². The SMILES string of the molecule is CC1CC(N2CCN(CC3CCN(C(C)C)CC3)CC2)C1. The number of piperidine rings is 1. The van der Waals surface area contributed by atoms with Gasteiger partial charge in [0.25, 0.3) is 0 Å². The van der Waals surface area contributed by atoms with Gasteiger partial charge in [0.05, 0.1) is 0 Å². The molecule has 122 valence electrons. The van der Waals surface area contributed by atoms with Gasteiger partial charge in [-0.25, -0.2) is 0 Å². The lowest BCUT2D eigenvalue weighted by Gasteiger charge is -2.46. The van der Waals surface area contributed by atoms with Crippen LogP contribution in [-0.4, -0.2) is 72.6 Å². The Hall–Kier alpha value is -0.120. The van der Waals surface area contributed by atoms with Crippen molar-refractivity contribution in [2.45, 2.75) is 58.5 Å². The maximum atomic E-state index is 2.76. The summed E-state index contributed by atoms with van der Waals surface area (Å²) >= 11 is 0. The van der Waals surface area contributed by atoms with Crippen molar-refractivity contribution in [3.8, 4) is 0 Å². The molecule has 0 aromatic heterocycles. The van der Waals surface area contributed by atoms with E-state index >= 15 is 0 Å². The number of hydrogen-bond acceptors (Lipinski definition) is 3. The van der Waals surface area contributed by atoms with Crippen LogP contribution >= 0.6 is 0 Å². The normalized spacial score (nSPS) is 34.3. The summed E-state index contributed by atoms with van der Waals surface area (Å²) in [5.41, 5.74) is 0. The van der Waals surface area contributed by atoms with Crippen molar-refractivity contribution in [2.24, 2.45) is 11.8 Å². The molecule has 1 saturated carbocycles. The summed E-state index contributed by atoms with van der Waals surface area (Å²) in [6.45, 7) is 16.3. The van der Waals surface area contributed by atoms with Crippen LogP contribution in [0.2, 0.25) is 0 Å². The highest BCUT2D eigenvalue weighted by Crippen LogP contribution is 2.31. The molecule has 0 unspecified atom stereocenters. The van der Waals surface area contributed by atoms with E-state index in [9.17, 15) is 0 Å². The molecule has 3 heteroatoms. The van der Waals surface area contributed by atoms with Crippen LogP contribution in [0.1, 0.15) is 46.5 Å². The van der Waals surface area contributed by atoms with Gasteiger partial charge in [0.2, 0.25) is 0 Å². The molecular formula is C18H35N3. The zero-order chi connectivity index (χ0) is 14.8. The Morgan fingerprint density at radius 3 is 2.05 bits per heavy atom. The first kappa shape index (κ1) is 15.8. The first-order valence-electron chi connectivity index (χ1n) is 9.32. The highest BCUT2D eigenvalue weighted by molar-refractivity contribution is 4.88. The minimum atomic E-state index is 0.736. The molecule has 2 saturated heterocycles. The molecule has 1 aliphatic carbocycles. The molecule has 0 bridgehead atoms. The van der Waals surface area contributed by atoms with Gasteiger partial charge in [-0.1, -0.05) is 6.92 Å². The third kappa shape index (κ3) is 4.00. The molecule has 0 spiro atoms. The van der Waals surface area contributed by atoms with E-state index in [-0.39, 0.29) is 0 Å². The molecule has 0 amide bonds. The highest BCUT2D eigenvalue weighted by atomic mass is 15.3. The van der Waals surface area contributed by atoms with Gasteiger partial charge in [0.15, 0.2) is 0 Å². The van der Waals surface area contributed by atoms with Gasteiger partial charge in [-0.3, -0.25) is 4.90 Å². The Labute approximate surface area is 131 Å². The van der Waals surface area contributed by atoms with E-state index in [4.69, 9.17) is 0 Å². The lowest BCUT2D eigenvalue weighted by molar-refractivity contribution is 0.0281. The highest BCUT2D eigenvalue weighted by Gasteiger charge is 2.33. The molecule has 3 aliphatic rings. The van der Waals surface area contributed by atoms with Crippen LogP contribution < -0.4 is 0 Å². The third-order valence-electron chi connectivity index (χ3n) is 6.17. The molecule has 3 nitrogen and oxygen atoms in total. The molecule has 0 aromatic carbocycles. The van der Waals surface area contributed by atoms with Crippen molar-refractivity contribution in [1.82, 2.24) is 14.7 Å². The molecular weight excluding hydrogens is 258 g/mol. The van der Waals surface area contributed by atoms with E-state index in [0.717, 1.165) is 23.9 Å². The van der Waals surface area contributed by atoms with Crippen molar-refractivity contribution < 1.29 is 0 Å². The molecule has 0 N–H and O–H groups in total. The van der Waals surface area contributed by atoms with E-state index < -0.39 is 0 Å². The summed E-state index contributed by atoms with van der Waals surface area (Å²) < 4.78 is 0. The first-order chi connectivity index (χ1) is 10.1. The quantitative estimate of drug-likeness (QED) is 0.788. The third-order valence-corrected chi connectivity index (χ3v) is 6.17. The lowest BCUT2D eigenvalue weighted by Crippen LogP contribution is -2.54. The largest absolute Gasteiger partial charge is 0.301 e. The fourth-order valence-electron chi connectivity index (χ4n) is 4.49. The summed E-state index contributed by atoms with van der Waals surface area (Å²) in [6.07, 6.45) is 5.73. The Balaban J connectivity index is 1.34. The maximum absolute atomic E-state index is 2.76. The van der Waals surface area contributed by atoms with Crippen molar-refractivity contribution in [3.05, 3.63) is 0 Å².